The Morgan fingerprint density at radius 2 is 1.40 bits per heavy atom. The summed E-state index contributed by atoms with van der Waals surface area (Å²) in [7, 11) is 0. The summed E-state index contributed by atoms with van der Waals surface area (Å²) in [5, 5.41) is 2.63. The topological polar surface area (TPSA) is 72.5 Å². The van der Waals surface area contributed by atoms with Crippen LogP contribution < -0.4 is 5.32 Å². The van der Waals surface area contributed by atoms with Gasteiger partial charge in [-0.15, -0.1) is 0 Å². The average molecular weight is 405 g/mol. The molecule has 1 N–H and O–H groups in total. The second kappa shape index (κ2) is 9.60. The summed E-state index contributed by atoms with van der Waals surface area (Å²) in [5.41, 5.74) is 1.96. The van der Waals surface area contributed by atoms with E-state index in [2.05, 4.69) is 5.32 Å². The molecule has 1 amide bonds. The summed E-state index contributed by atoms with van der Waals surface area (Å²) in [6, 6.07) is 20.6. The molecule has 3 aromatic rings. The zero-order valence-electron chi connectivity index (χ0n) is 16.3. The summed E-state index contributed by atoms with van der Waals surface area (Å²) in [5.74, 6) is -1.64. The maximum atomic E-state index is 12.9. The van der Waals surface area contributed by atoms with Gasteiger partial charge in [0.1, 0.15) is 5.82 Å². The first-order valence-electron chi connectivity index (χ1n) is 9.37. The van der Waals surface area contributed by atoms with Gasteiger partial charge in [-0.1, -0.05) is 54.6 Å². The molecule has 0 saturated carbocycles. The Hall–Kier alpha value is -3.80. The van der Waals surface area contributed by atoms with E-state index in [0.29, 0.717) is 11.1 Å². The molecule has 0 aliphatic carbocycles. The lowest BCUT2D eigenvalue weighted by atomic mass is 10.0. The fraction of sp³-hybridized carbons (Fsp3) is 0.125. The Balaban J connectivity index is 1.55. The number of rotatable bonds is 7. The van der Waals surface area contributed by atoms with Crippen LogP contribution in [0.25, 0.3) is 0 Å². The van der Waals surface area contributed by atoms with Crippen molar-refractivity contribution in [3.8, 4) is 0 Å². The van der Waals surface area contributed by atoms with Crippen molar-refractivity contribution < 1.29 is 23.5 Å². The third-order valence-corrected chi connectivity index (χ3v) is 4.45. The van der Waals surface area contributed by atoms with Crippen molar-refractivity contribution in [2.45, 2.75) is 19.6 Å². The van der Waals surface area contributed by atoms with Crippen molar-refractivity contribution in [2.24, 2.45) is 0 Å². The van der Waals surface area contributed by atoms with Gasteiger partial charge in [0.2, 0.25) is 0 Å². The van der Waals surface area contributed by atoms with Gasteiger partial charge in [-0.3, -0.25) is 9.59 Å². The van der Waals surface area contributed by atoms with E-state index >= 15 is 0 Å². The normalized spacial score (nSPS) is 11.4. The zero-order valence-corrected chi connectivity index (χ0v) is 16.3. The summed E-state index contributed by atoms with van der Waals surface area (Å²) in [6.45, 7) is 1.66. The van der Waals surface area contributed by atoms with Gasteiger partial charge in [0.25, 0.3) is 5.91 Å². The minimum Gasteiger partial charge on any atom is -0.449 e. The molecule has 0 aliphatic rings. The van der Waals surface area contributed by atoms with Gasteiger partial charge >= 0.3 is 5.97 Å². The van der Waals surface area contributed by atoms with Crippen molar-refractivity contribution >= 4 is 17.7 Å². The Kier molecular flexibility index (Phi) is 6.70. The standard InChI is InChI=1S/C24H20FNO4/c1-16(23(28)26-15-17-7-13-21(25)14-8-17)30-24(29)20-11-9-19(10-12-20)22(27)18-5-3-2-4-6-18/h2-14,16H,15H2,1H3,(H,26,28)/t16-/m0/s1. The smallest absolute Gasteiger partial charge is 0.338 e. The monoisotopic (exact) mass is 405 g/mol. The highest BCUT2D eigenvalue weighted by molar-refractivity contribution is 6.09. The summed E-state index contributed by atoms with van der Waals surface area (Å²) >= 11 is 0. The molecular weight excluding hydrogens is 385 g/mol. The van der Waals surface area contributed by atoms with E-state index in [-0.39, 0.29) is 23.7 Å². The van der Waals surface area contributed by atoms with Gasteiger partial charge in [0, 0.05) is 17.7 Å². The first-order chi connectivity index (χ1) is 14.4. The number of benzene rings is 3. The molecule has 0 aromatic heterocycles. The van der Waals surface area contributed by atoms with Crippen molar-refractivity contribution in [1.82, 2.24) is 5.32 Å². The van der Waals surface area contributed by atoms with Crippen LogP contribution in [0.4, 0.5) is 4.39 Å². The van der Waals surface area contributed by atoms with E-state index in [1.807, 2.05) is 6.07 Å². The van der Waals surface area contributed by atoms with Crippen LogP contribution in [-0.2, 0) is 16.1 Å². The van der Waals surface area contributed by atoms with Crippen LogP contribution in [0.1, 0.15) is 38.8 Å². The van der Waals surface area contributed by atoms with Crippen LogP contribution in [0.5, 0.6) is 0 Å². The molecule has 6 heteroatoms. The Bertz CT molecular complexity index is 1030. The largest absolute Gasteiger partial charge is 0.449 e. The third kappa shape index (κ3) is 5.38. The van der Waals surface area contributed by atoms with Gasteiger partial charge in [-0.2, -0.15) is 0 Å². The highest BCUT2D eigenvalue weighted by Crippen LogP contribution is 2.12. The summed E-state index contributed by atoms with van der Waals surface area (Å²) in [4.78, 5) is 36.8. The van der Waals surface area contributed by atoms with Crippen LogP contribution in [-0.4, -0.2) is 23.8 Å². The van der Waals surface area contributed by atoms with Gasteiger partial charge in [-0.25, -0.2) is 9.18 Å². The Morgan fingerprint density at radius 3 is 2.03 bits per heavy atom. The molecule has 1 atom stereocenters. The van der Waals surface area contributed by atoms with Gasteiger partial charge in [-0.05, 0) is 36.8 Å². The maximum Gasteiger partial charge on any atom is 0.338 e. The second-order valence-electron chi connectivity index (χ2n) is 6.66. The molecule has 0 heterocycles. The quantitative estimate of drug-likeness (QED) is 0.478. The minimum atomic E-state index is -1.01. The van der Waals surface area contributed by atoms with E-state index < -0.39 is 18.0 Å². The molecular formula is C24H20FNO4. The lowest BCUT2D eigenvalue weighted by Gasteiger charge is -2.14. The van der Waals surface area contributed by atoms with E-state index in [1.165, 1.54) is 31.2 Å². The predicted octanol–water partition coefficient (Wildman–Crippen LogP) is 3.92. The molecule has 3 aromatic carbocycles. The fourth-order valence-electron chi connectivity index (χ4n) is 2.73. The van der Waals surface area contributed by atoms with Crippen molar-refractivity contribution in [3.63, 3.8) is 0 Å². The van der Waals surface area contributed by atoms with Crippen LogP contribution in [0.2, 0.25) is 0 Å². The highest BCUT2D eigenvalue weighted by atomic mass is 19.1. The Morgan fingerprint density at radius 1 is 0.833 bits per heavy atom. The SMILES string of the molecule is C[C@H](OC(=O)c1ccc(C(=O)c2ccccc2)cc1)C(=O)NCc1ccc(F)cc1. The second-order valence-corrected chi connectivity index (χ2v) is 6.66. The first-order valence-corrected chi connectivity index (χ1v) is 9.37. The van der Waals surface area contributed by atoms with E-state index in [1.54, 1.807) is 48.5 Å². The molecule has 0 saturated heterocycles. The molecule has 0 unspecified atom stereocenters. The lowest BCUT2D eigenvalue weighted by molar-refractivity contribution is -0.129. The third-order valence-electron chi connectivity index (χ3n) is 4.45. The molecule has 152 valence electrons. The first kappa shape index (κ1) is 20.9. The molecule has 0 fully saturated rings. The fourth-order valence-corrected chi connectivity index (χ4v) is 2.73. The van der Waals surface area contributed by atoms with Crippen molar-refractivity contribution in [2.75, 3.05) is 0 Å². The minimum absolute atomic E-state index is 0.149. The van der Waals surface area contributed by atoms with Crippen LogP contribution >= 0.6 is 0 Å². The van der Waals surface area contributed by atoms with Crippen LogP contribution in [0, 0.1) is 5.82 Å². The molecule has 3 rings (SSSR count). The predicted molar refractivity (Wildman–Crippen MR) is 109 cm³/mol. The number of esters is 1. The van der Waals surface area contributed by atoms with E-state index in [9.17, 15) is 18.8 Å². The number of carbonyl (C=O) groups is 3. The van der Waals surface area contributed by atoms with Crippen LogP contribution in [0.15, 0.2) is 78.9 Å². The van der Waals surface area contributed by atoms with Gasteiger partial charge in [0.05, 0.1) is 5.56 Å². The number of ether oxygens (including phenoxy) is 1. The van der Waals surface area contributed by atoms with E-state index in [4.69, 9.17) is 4.74 Å². The van der Waals surface area contributed by atoms with Gasteiger partial charge < -0.3 is 10.1 Å². The molecule has 0 spiro atoms. The van der Waals surface area contributed by atoms with Crippen molar-refractivity contribution in [1.29, 1.82) is 0 Å². The number of hydrogen-bond acceptors (Lipinski definition) is 4. The summed E-state index contributed by atoms with van der Waals surface area (Å²) < 4.78 is 18.1. The number of halogens is 1. The van der Waals surface area contributed by atoms with Gasteiger partial charge in [0.15, 0.2) is 11.9 Å². The molecule has 0 radical (unpaired) electrons. The molecule has 0 aliphatic heterocycles. The number of ketones is 1. The Labute approximate surface area is 173 Å². The van der Waals surface area contributed by atoms with E-state index in [0.717, 1.165) is 5.56 Å². The number of amides is 1. The molecule has 30 heavy (non-hydrogen) atoms. The lowest BCUT2D eigenvalue weighted by Crippen LogP contribution is -2.35. The number of carbonyl (C=O) groups excluding carboxylic acids is 3. The average Bonchev–Trinajstić information content (AvgIpc) is 2.78. The molecule has 5 nitrogen and oxygen atoms in total. The van der Waals surface area contributed by atoms with Crippen LogP contribution in [0.3, 0.4) is 0 Å². The number of nitrogens with one attached hydrogen (secondary N) is 1. The highest BCUT2D eigenvalue weighted by Gasteiger charge is 2.19. The van der Waals surface area contributed by atoms with Crippen molar-refractivity contribution in [3.05, 3.63) is 107 Å². The summed E-state index contributed by atoms with van der Waals surface area (Å²) in [6.07, 6.45) is -1.01. The maximum absolute atomic E-state index is 12.9. The number of hydrogen-bond donors (Lipinski definition) is 1. The molecule has 0 bridgehead atoms. The zero-order chi connectivity index (χ0) is 21.5.